The Labute approximate surface area is 125 Å². The first-order valence-corrected chi connectivity index (χ1v) is 7.28. The van der Waals surface area contributed by atoms with Crippen molar-refractivity contribution in [3.63, 3.8) is 0 Å². The largest absolute Gasteiger partial charge is 0.494 e. The van der Waals surface area contributed by atoms with Gasteiger partial charge in [0.25, 0.3) is 0 Å². The van der Waals surface area contributed by atoms with Crippen molar-refractivity contribution in [2.45, 2.75) is 19.9 Å². The Morgan fingerprint density at radius 2 is 1.75 bits per heavy atom. The first-order chi connectivity index (χ1) is 9.74. The number of nitrogens with one attached hydrogen (secondary N) is 1. The third-order valence-corrected chi connectivity index (χ3v) is 3.43. The zero-order valence-corrected chi connectivity index (χ0v) is 12.7. The molecule has 0 amide bonds. The minimum atomic E-state index is 0.754. The molecule has 2 nitrogen and oxygen atoms in total. The summed E-state index contributed by atoms with van der Waals surface area (Å²) in [5.74, 6) is 0.911. The molecule has 0 aliphatic heterocycles. The van der Waals surface area contributed by atoms with E-state index < -0.39 is 0 Å². The molecule has 0 atom stereocenters. The summed E-state index contributed by atoms with van der Waals surface area (Å²) in [6.07, 6.45) is 1.02. The molecule has 1 N–H and O–H groups in total. The van der Waals surface area contributed by atoms with Gasteiger partial charge in [-0.15, -0.1) is 0 Å². The Kier molecular flexibility index (Phi) is 5.45. The van der Waals surface area contributed by atoms with Crippen molar-refractivity contribution in [2.24, 2.45) is 0 Å². The highest BCUT2D eigenvalue weighted by atomic mass is 35.5. The average molecular weight is 290 g/mol. The molecule has 0 aromatic heterocycles. The maximum absolute atomic E-state index is 6.29. The Balaban J connectivity index is 2.17. The summed E-state index contributed by atoms with van der Waals surface area (Å²) in [7, 11) is 1.92. The van der Waals surface area contributed by atoms with Crippen LogP contribution in [0.2, 0.25) is 5.02 Å². The van der Waals surface area contributed by atoms with Crippen LogP contribution < -0.4 is 10.1 Å². The summed E-state index contributed by atoms with van der Waals surface area (Å²) in [5.41, 5.74) is 3.38. The predicted octanol–water partition coefficient (Wildman–Crippen LogP) is 4.52. The van der Waals surface area contributed by atoms with Crippen molar-refractivity contribution in [2.75, 3.05) is 13.7 Å². The molecule has 0 aliphatic carbocycles. The second-order valence-electron chi connectivity index (χ2n) is 4.71. The van der Waals surface area contributed by atoms with Gasteiger partial charge in [-0.05, 0) is 48.4 Å². The quantitative estimate of drug-likeness (QED) is 0.844. The highest BCUT2D eigenvalue weighted by molar-refractivity contribution is 6.31. The average Bonchev–Trinajstić information content (AvgIpc) is 2.48. The molecule has 0 heterocycles. The van der Waals surface area contributed by atoms with Gasteiger partial charge < -0.3 is 10.1 Å². The lowest BCUT2D eigenvalue weighted by molar-refractivity contribution is 0.317. The smallest absolute Gasteiger partial charge is 0.119 e. The minimum absolute atomic E-state index is 0.754. The first kappa shape index (κ1) is 14.9. The van der Waals surface area contributed by atoms with Crippen LogP contribution in [-0.2, 0) is 6.54 Å². The highest BCUT2D eigenvalue weighted by Crippen LogP contribution is 2.27. The Hall–Kier alpha value is -1.51. The van der Waals surface area contributed by atoms with E-state index >= 15 is 0 Å². The molecular weight excluding hydrogens is 270 g/mol. The van der Waals surface area contributed by atoms with E-state index in [0.29, 0.717) is 0 Å². The lowest BCUT2D eigenvalue weighted by Crippen LogP contribution is -2.05. The molecule has 2 aromatic rings. The molecule has 106 valence electrons. The van der Waals surface area contributed by atoms with Gasteiger partial charge >= 0.3 is 0 Å². The van der Waals surface area contributed by atoms with Crippen molar-refractivity contribution in [1.82, 2.24) is 5.32 Å². The molecule has 0 saturated carbocycles. The monoisotopic (exact) mass is 289 g/mol. The maximum Gasteiger partial charge on any atom is 0.119 e. The Morgan fingerprint density at radius 3 is 2.35 bits per heavy atom. The molecule has 0 spiro atoms. The molecule has 3 heteroatoms. The van der Waals surface area contributed by atoms with Gasteiger partial charge in [0.05, 0.1) is 6.61 Å². The topological polar surface area (TPSA) is 21.3 Å². The van der Waals surface area contributed by atoms with Crippen molar-refractivity contribution in [1.29, 1.82) is 0 Å². The zero-order chi connectivity index (χ0) is 14.4. The van der Waals surface area contributed by atoms with Gasteiger partial charge in [-0.25, -0.2) is 0 Å². The molecule has 20 heavy (non-hydrogen) atoms. The summed E-state index contributed by atoms with van der Waals surface area (Å²) in [6, 6.07) is 14.3. The van der Waals surface area contributed by atoms with Crippen LogP contribution in [0.15, 0.2) is 42.5 Å². The lowest BCUT2D eigenvalue weighted by atomic mass is 10.0. The highest BCUT2D eigenvalue weighted by Gasteiger charge is 2.03. The van der Waals surface area contributed by atoms with Gasteiger partial charge in [-0.2, -0.15) is 0 Å². The molecular formula is C17H20ClNO. The number of halogens is 1. The minimum Gasteiger partial charge on any atom is -0.494 e. The predicted molar refractivity (Wildman–Crippen MR) is 85.4 cm³/mol. The number of rotatable bonds is 6. The summed E-state index contributed by atoms with van der Waals surface area (Å²) < 4.78 is 5.59. The van der Waals surface area contributed by atoms with E-state index in [9.17, 15) is 0 Å². The van der Waals surface area contributed by atoms with Crippen molar-refractivity contribution in [3.8, 4) is 16.9 Å². The normalized spacial score (nSPS) is 10.6. The molecule has 2 aromatic carbocycles. The molecule has 0 saturated heterocycles. The van der Waals surface area contributed by atoms with E-state index in [1.807, 2.05) is 25.2 Å². The first-order valence-electron chi connectivity index (χ1n) is 6.91. The Morgan fingerprint density at radius 1 is 1.05 bits per heavy atom. The fourth-order valence-electron chi connectivity index (χ4n) is 2.02. The van der Waals surface area contributed by atoms with Crippen LogP contribution in [-0.4, -0.2) is 13.7 Å². The zero-order valence-electron chi connectivity index (χ0n) is 11.9. The third kappa shape index (κ3) is 3.75. The van der Waals surface area contributed by atoms with E-state index in [2.05, 4.69) is 36.5 Å². The second kappa shape index (κ2) is 7.32. The van der Waals surface area contributed by atoms with Crippen LogP contribution in [0.1, 0.15) is 18.9 Å². The van der Waals surface area contributed by atoms with E-state index in [1.165, 1.54) is 0 Å². The van der Waals surface area contributed by atoms with E-state index in [4.69, 9.17) is 16.3 Å². The van der Waals surface area contributed by atoms with Crippen molar-refractivity contribution in [3.05, 3.63) is 53.1 Å². The van der Waals surface area contributed by atoms with E-state index in [1.54, 1.807) is 0 Å². The fraction of sp³-hybridized carbons (Fsp3) is 0.294. The van der Waals surface area contributed by atoms with E-state index in [-0.39, 0.29) is 0 Å². The van der Waals surface area contributed by atoms with Crippen molar-refractivity contribution >= 4 is 11.6 Å². The summed E-state index contributed by atoms with van der Waals surface area (Å²) in [4.78, 5) is 0. The van der Waals surface area contributed by atoms with Gasteiger partial charge in [-0.3, -0.25) is 0 Å². The van der Waals surface area contributed by atoms with Crippen LogP contribution in [0.4, 0.5) is 0 Å². The fourth-order valence-corrected chi connectivity index (χ4v) is 2.27. The Bertz CT molecular complexity index is 551. The van der Waals surface area contributed by atoms with Gasteiger partial charge in [0.15, 0.2) is 0 Å². The maximum atomic E-state index is 6.29. The number of hydrogen-bond acceptors (Lipinski definition) is 2. The van der Waals surface area contributed by atoms with Crippen LogP contribution in [0, 0.1) is 0 Å². The number of benzene rings is 2. The summed E-state index contributed by atoms with van der Waals surface area (Å²) >= 11 is 6.29. The van der Waals surface area contributed by atoms with Crippen LogP contribution >= 0.6 is 11.6 Å². The van der Waals surface area contributed by atoms with Crippen LogP contribution in [0.25, 0.3) is 11.1 Å². The van der Waals surface area contributed by atoms with Crippen LogP contribution in [0.3, 0.4) is 0 Å². The van der Waals surface area contributed by atoms with E-state index in [0.717, 1.165) is 47.0 Å². The molecule has 2 rings (SSSR count). The molecule has 0 radical (unpaired) electrons. The molecule has 0 aliphatic rings. The van der Waals surface area contributed by atoms with Crippen molar-refractivity contribution < 1.29 is 4.74 Å². The van der Waals surface area contributed by atoms with Crippen LogP contribution in [0.5, 0.6) is 5.75 Å². The summed E-state index contributed by atoms with van der Waals surface area (Å²) in [5, 5.41) is 3.90. The van der Waals surface area contributed by atoms with Gasteiger partial charge in [0, 0.05) is 11.6 Å². The number of hydrogen-bond donors (Lipinski definition) is 1. The molecule has 0 bridgehead atoms. The van der Waals surface area contributed by atoms with Gasteiger partial charge in [-0.1, -0.05) is 42.8 Å². The standard InChI is InChI=1S/C17H20ClNO/c1-3-10-20-16-8-6-13(7-9-16)14-4-5-15(12-19-2)17(18)11-14/h4-9,11,19H,3,10,12H2,1-2H3. The van der Waals surface area contributed by atoms with Gasteiger partial charge in [0.2, 0.25) is 0 Å². The lowest BCUT2D eigenvalue weighted by Gasteiger charge is -2.09. The number of ether oxygens (including phenoxy) is 1. The SMILES string of the molecule is CCCOc1ccc(-c2ccc(CNC)c(Cl)c2)cc1. The molecule has 0 unspecified atom stereocenters. The third-order valence-electron chi connectivity index (χ3n) is 3.08. The summed E-state index contributed by atoms with van der Waals surface area (Å²) in [6.45, 7) is 3.63. The molecule has 0 fully saturated rings. The second-order valence-corrected chi connectivity index (χ2v) is 5.12. The van der Waals surface area contributed by atoms with Gasteiger partial charge in [0.1, 0.15) is 5.75 Å².